The van der Waals surface area contributed by atoms with Crippen LogP contribution in [0.4, 0.5) is 0 Å². The van der Waals surface area contributed by atoms with Gasteiger partial charge in [0.15, 0.2) is 11.5 Å². The Labute approximate surface area is 191 Å². The maximum absolute atomic E-state index is 13.1. The molecule has 2 fully saturated rings. The van der Waals surface area contributed by atoms with Crippen molar-refractivity contribution in [1.29, 1.82) is 0 Å². The summed E-state index contributed by atoms with van der Waals surface area (Å²) in [7, 11) is 0. The highest BCUT2D eigenvalue weighted by atomic mass is 16.7. The van der Waals surface area contributed by atoms with E-state index < -0.39 is 17.7 Å². The van der Waals surface area contributed by atoms with Crippen LogP contribution in [-0.4, -0.2) is 77.8 Å². The predicted molar refractivity (Wildman–Crippen MR) is 118 cm³/mol. The lowest BCUT2D eigenvalue weighted by Gasteiger charge is -2.29. The van der Waals surface area contributed by atoms with Gasteiger partial charge in [0.2, 0.25) is 6.79 Å². The van der Waals surface area contributed by atoms with Crippen LogP contribution in [-0.2, 0) is 14.3 Å². The van der Waals surface area contributed by atoms with Gasteiger partial charge in [0, 0.05) is 44.1 Å². The van der Waals surface area contributed by atoms with Crippen LogP contribution >= 0.6 is 0 Å². The maximum Gasteiger partial charge on any atom is 0.295 e. The number of carbonyl (C=O) groups is 2. The molecule has 1 aromatic carbocycles. The zero-order valence-electron chi connectivity index (χ0n) is 18.1. The van der Waals surface area contributed by atoms with Crippen LogP contribution < -0.4 is 9.47 Å². The lowest BCUT2D eigenvalue weighted by molar-refractivity contribution is -0.140. The van der Waals surface area contributed by atoms with Crippen LogP contribution in [0.15, 0.2) is 48.3 Å². The zero-order valence-corrected chi connectivity index (χ0v) is 18.1. The van der Waals surface area contributed by atoms with Crippen molar-refractivity contribution < 1.29 is 28.9 Å². The molecule has 0 spiro atoms. The molecule has 1 N–H and O–H groups in total. The summed E-state index contributed by atoms with van der Waals surface area (Å²) in [5.74, 6) is -0.509. The maximum atomic E-state index is 13.1. The van der Waals surface area contributed by atoms with Gasteiger partial charge in [-0.15, -0.1) is 0 Å². The Morgan fingerprint density at radius 2 is 1.91 bits per heavy atom. The number of aliphatic hydroxyl groups excluding tert-OH is 1. The number of nitrogens with zero attached hydrogens (tertiary/aromatic N) is 3. The number of Topliss-reactive ketones (excluding diaryl/α,β-unsaturated/α-hetero) is 1. The van der Waals surface area contributed by atoms with Gasteiger partial charge in [0.05, 0.1) is 24.8 Å². The molecule has 0 radical (unpaired) electrons. The van der Waals surface area contributed by atoms with Crippen molar-refractivity contribution in [3.8, 4) is 11.5 Å². The summed E-state index contributed by atoms with van der Waals surface area (Å²) in [6.07, 6.45) is 3.96. The monoisotopic (exact) mass is 451 g/mol. The molecule has 172 valence electrons. The largest absolute Gasteiger partial charge is 0.507 e. The summed E-state index contributed by atoms with van der Waals surface area (Å²) in [5.41, 5.74) is 1.11. The third-order valence-corrected chi connectivity index (χ3v) is 6.16. The second-order valence-corrected chi connectivity index (χ2v) is 8.15. The number of morpholine rings is 1. The molecule has 0 saturated carbocycles. The SMILES string of the molecule is O=C1C(=O)N(CCCN2CCOCC2)C(c2cccnc2)/C1=C(\O)c1ccc2c(c1)OCO2. The summed E-state index contributed by atoms with van der Waals surface area (Å²) >= 11 is 0. The molecule has 1 amide bonds. The van der Waals surface area contributed by atoms with Crippen molar-refractivity contribution in [3.63, 3.8) is 0 Å². The predicted octanol–water partition coefficient (Wildman–Crippen LogP) is 1.95. The number of hydrogen-bond acceptors (Lipinski definition) is 8. The lowest BCUT2D eigenvalue weighted by atomic mass is 9.96. The second-order valence-electron chi connectivity index (χ2n) is 8.15. The van der Waals surface area contributed by atoms with Gasteiger partial charge in [0.1, 0.15) is 5.76 Å². The Bertz CT molecular complexity index is 1080. The number of ketones is 1. The molecule has 4 heterocycles. The molecule has 1 aromatic heterocycles. The third-order valence-electron chi connectivity index (χ3n) is 6.16. The molecule has 3 aliphatic rings. The molecule has 33 heavy (non-hydrogen) atoms. The van der Waals surface area contributed by atoms with Crippen LogP contribution in [0.1, 0.15) is 23.6 Å². The highest BCUT2D eigenvalue weighted by Crippen LogP contribution is 2.41. The highest BCUT2D eigenvalue weighted by molar-refractivity contribution is 6.46. The lowest BCUT2D eigenvalue weighted by Crippen LogP contribution is -2.39. The number of ether oxygens (including phenoxy) is 3. The third kappa shape index (κ3) is 4.17. The molecule has 0 bridgehead atoms. The first-order valence-electron chi connectivity index (χ1n) is 11.0. The molecule has 1 unspecified atom stereocenters. The minimum atomic E-state index is -0.714. The summed E-state index contributed by atoms with van der Waals surface area (Å²) < 4.78 is 16.1. The summed E-state index contributed by atoms with van der Waals surface area (Å²) in [4.78, 5) is 34.1. The van der Waals surface area contributed by atoms with Gasteiger partial charge in [-0.25, -0.2) is 0 Å². The fraction of sp³-hybridized carbons (Fsp3) is 0.375. The molecular formula is C24H25N3O6. The van der Waals surface area contributed by atoms with E-state index in [0.29, 0.717) is 48.8 Å². The van der Waals surface area contributed by atoms with Gasteiger partial charge in [-0.1, -0.05) is 6.07 Å². The van der Waals surface area contributed by atoms with Crippen LogP contribution in [0.5, 0.6) is 11.5 Å². The Balaban J connectivity index is 1.46. The zero-order chi connectivity index (χ0) is 22.8. The van der Waals surface area contributed by atoms with Gasteiger partial charge in [-0.3, -0.25) is 19.5 Å². The molecule has 1 atom stereocenters. The van der Waals surface area contributed by atoms with Gasteiger partial charge in [0.25, 0.3) is 11.7 Å². The van der Waals surface area contributed by atoms with Crippen molar-refractivity contribution in [2.45, 2.75) is 12.5 Å². The second kappa shape index (κ2) is 9.21. The van der Waals surface area contributed by atoms with Crippen LogP contribution in [0.2, 0.25) is 0 Å². The molecule has 0 aliphatic carbocycles. The Kier molecular flexibility index (Phi) is 5.97. The minimum Gasteiger partial charge on any atom is -0.507 e. The highest BCUT2D eigenvalue weighted by Gasteiger charge is 2.46. The quantitative estimate of drug-likeness (QED) is 0.404. The standard InChI is InChI=1S/C24H25N3O6/c28-22(16-4-5-18-19(13-16)33-15-32-18)20-21(17-3-1-6-25-14-17)27(24(30)23(20)29)8-2-7-26-9-11-31-12-10-26/h1,3-6,13-14,21,28H,2,7-12,15H2/b22-20+. The number of fused-ring (bicyclic) bond motifs is 1. The van der Waals surface area contributed by atoms with E-state index >= 15 is 0 Å². The van der Waals surface area contributed by atoms with Gasteiger partial charge < -0.3 is 24.2 Å². The van der Waals surface area contributed by atoms with Crippen molar-refractivity contribution in [1.82, 2.24) is 14.8 Å². The van der Waals surface area contributed by atoms with E-state index in [1.54, 1.807) is 41.6 Å². The average Bonchev–Trinajstić information content (AvgIpc) is 3.42. The molecular weight excluding hydrogens is 426 g/mol. The molecule has 9 heteroatoms. The minimum absolute atomic E-state index is 0.0539. The van der Waals surface area contributed by atoms with E-state index in [4.69, 9.17) is 14.2 Å². The normalized spacial score (nSPS) is 22.2. The number of hydrogen-bond donors (Lipinski definition) is 1. The summed E-state index contributed by atoms with van der Waals surface area (Å²) in [5, 5.41) is 11.2. The van der Waals surface area contributed by atoms with E-state index in [1.165, 1.54) is 0 Å². The summed E-state index contributed by atoms with van der Waals surface area (Å²) in [6.45, 7) is 4.41. The molecule has 9 nitrogen and oxygen atoms in total. The first-order valence-corrected chi connectivity index (χ1v) is 11.0. The number of rotatable bonds is 6. The van der Waals surface area contributed by atoms with Crippen LogP contribution in [0.3, 0.4) is 0 Å². The number of likely N-dealkylation sites (tertiary alicyclic amines) is 1. The number of aliphatic hydroxyl groups is 1. The van der Waals surface area contributed by atoms with Gasteiger partial charge >= 0.3 is 0 Å². The fourth-order valence-corrected chi connectivity index (χ4v) is 4.48. The number of amides is 1. The Morgan fingerprint density at radius 1 is 1.09 bits per heavy atom. The summed E-state index contributed by atoms with van der Waals surface area (Å²) in [6, 6.07) is 7.79. The number of benzene rings is 1. The van der Waals surface area contributed by atoms with E-state index in [-0.39, 0.29) is 18.1 Å². The molecule has 2 aromatic rings. The van der Waals surface area contributed by atoms with Crippen molar-refractivity contribution in [2.24, 2.45) is 0 Å². The van der Waals surface area contributed by atoms with E-state index in [0.717, 1.165) is 19.6 Å². The van der Waals surface area contributed by atoms with E-state index in [9.17, 15) is 14.7 Å². The first kappa shape index (κ1) is 21.4. The number of carbonyl (C=O) groups excluding carboxylic acids is 2. The number of aromatic nitrogens is 1. The fourth-order valence-electron chi connectivity index (χ4n) is 4.48. The van der Waals surface area contributed by atoms with Crippen LogP contribution in [0, 0.1) is 0 Å². The topological polar surface area (TPSA) is 101 Å². The molecule has 3 aliphatic heterocycles. The van der Waals surface area contributed by atoms with Gasteiger partial charge in [-0.2, -0.15) is 0 Å². The van der Waals surface area contributed by atoms with Crippen molar-refractivity contribution in [3.05, 3.63) is 59.4 Å². The van der Waals surface area contributed by atoms with Crippen molar-refractivity contribution >= 4 is 17.4 Å². The number of pyridine rings is 1. The smallest absolute Gasteiger partial charge is 0.295 e. The van der Waals surface area contributed by atoms with E-state index in [1.807, 2.05) is 6.07 Å². The van der Waals surface area contributed by atoms with E-state index in [2.05, 4.69) is 9.88 Å². The average molecular weight is 451 g/mol. The van der Waals surface area contributed by atoms with Gasteiger partial charge in [-0.05, 0) is 36.2 Å². The Hall–Kier alpha value is -3.43. The molecule has 5 rings (SSSR count). The molecule has 2 saturated heterocycles. The first-order chi connectivity index (χ1) is 16.1. The van der Waals surface area contributed by atoms with Crippen LogP contribution in [0.25, 0.3) is 5.76 Å². The Morgan fingerprint density at radius 3 is 2.70 bits per heavy atom. The van der Waals surface area contributed by atoms with Crippen molar-refractivity contribution in [2.75, 3.05) is 46.2 Å².